The van der Waals surface area contributed by atoms with Gasteiger partial charge in [-0.3, -0.25) is 4.79 Å². The van der Waals surface area contributed by atoms with Crippen molar-refractivity contribution in [3.8, 4) is 0 Å². The molecule has 0 radical (unpaired) electrons. The molecule has 16 heavy (non-hydrogen) atoms. The molecule has 0 atom stereocenters. The highest BCUT2D eigenvalue weighted by Crippen LogP contribution is 2.25. The van der Waals surface area contributed by atoms with Crippen LogP contribution in [-0.4, -0.2) is 22.1 Å². The quantitative estimate of drug-likeness (QED) is 0.461. The van der Waals surface area contributed by atoms with Crippen molar-refractivity contribution in [3.05, 3.63) is 22.4 Å². The summed E-state index contributed by atoms with van der Waals surface area (Å²) >= 11 is 6.20. The molecule has 0 bridgehead atoms. The summed E-state index contributed by atoms with van der Waals surface area (Å²) in [7, 11) is 0. The highest BCUT2D eigenvalue weighted by molar-refractivity contribution is 9.10. The standard InChI is InChI=1S/C11H14BrNOS2/c1-3-4-7-16-11(14)10-8(15-2)5-6-9(12)13-10/h5-6H,3-4,7H2,1-2H3. The van der Waals surface area contributed by atoms with Crippen molar-refractivity contribution in [2.24, 2.45) is 0 Å². The molecule has 88 valence electrons. The van der Waals surface area contributed by atoms with Crippen molar-refractivity contribution in [3.63, 3.8) is 0 Å². The second kappa shape index (κ2) is 7.35. The Morgan fingerprint density at radius 2 is 2.25 bits per heavy atom. The molecule has 1 aromatic heterocycles. The van der Waals surface area contributed by atoms with Crippen LogP contribution in [0.5, 0.6) is 0 Å². The zero-order valence-electron chi connectivity index (χ0n) is 9.33. The molecule has 0 unspecified atom stereocenters. The van der Waals surface area contributed by atoms with Crippen LogP contribution < -0.4 is 0 Å². The maximum atomic E-state index is 11.9. The minimum Gasteiger partial charge on any atom is -0.280 e. The van der Waals surface area contributed by atoms with Gasteiger partial charge in [-0.1, -0.05) is 25.1 Å². The Bertz CT molecular complexity index is 371. The zero-order chi connectivity index (χ0) is 12.0. The molecule has 5 heteroatoms. The monoisotopic (exact) mass is 319 g/mol. The number of carbonyl (C=O) groups is 1. The normalized spacial score (nSPS) is 10.4. The van der Waals surface area contributed by atoms with Gasteiger partial charge in [0.25, 0.3) is 0 Å². The number of hydrogen-bond acceptors (Lipinski definition) is 4. The largest absolute Gasteiger partial charge is 0.280 e. The summed E-state index contributed by atoms with van der Waals surface area (Å²) in [4.78, 5) is 17.1. The first-order valence-electron chi connectivity index (χ1n) is 5.06. The van der Waals surface area contributed by atoms with E-state index in [1.807, 2.05) is 18.4 Å². The van der Waals surface area contributed by atoms with E-state index in [9.17, 15) is 4.79 Å². The lowest BCUT2D eigenvalue weighted by molar-refractivity contribution is 0.108. The van der Waals surface area contributed by atoms with Crippen molar-refractivity contribution < 1.29 is 4.79 Å². The summed E-state index contributed by atoms with van der Waals surface area (Å²) in [6.07, 6.45) is 4.14. The molecule has 0 saturated carbocycles. The average Bonchev–Trinajstić information content (AvgIpc) is 2.29. The van der Waals surface area contributed by atoms with Crippen molar-refractivity contribution >= 4 is 44.6 Å². The van der Waals surface area contributed by atoms with Gasteiger partial charge >= 0.3 is 0 Å². The molecule has 0 N–H and O–H groups in total. The number of thioether (sulfide) groups is 2. The van der Waals surface area contributed by atoms with Gasteiger partial charge in [0.15, 0.2) is 0 Å². The Kier molecular flexibility index (Phi) is 6.46. The number of unbranched alkanes of at least 4 members (excludes halogenated alkanes) is 1. The van der Waals surface area contributed by atoms with E-state index in [4.69, 9.17) is 0 Å². The third-order valence-electron chi connectivity index (χ3n) is 1.97. The summed E-state index contributed by atoms with van der Waals surface area (Å²) in [6, 6.07) is 3.79. The third kappa shape index (κ3) is 4.11. The fourth-order valence-corrected chi connectivity index (χ4v) is 2.93. The van der Waals surface area contributed by atoms with Crippen LogP contribution in [0, 0.1) is 0 Å². The Hall–Kier alpha value is -0.000000000000000111. The van der Waals surface area contributed by atoms with Crippen molar-refractivity contribution in [1.82, 2.24) is 4.98 Å². The topological polar surface area (TPSA) is 30.0 Å². The average molecular weight is 320 g/mol. The lowest BCUT2D eigenvalue weighted by Crippen LogP contribution is -2.01. The van der Waals surface area contributed by atoms with Crippen LogP contribution in [0.1, 0.15) is 30.3 Å². The predicted octanol–water partition coefficient (Wildman–Crippen LogP) is 4.24. The predicted molar refractivity (Wildman–Crippen MR) is 75.4 cm³/mol. The first-order chi connectivity index (χ1) is 7.69. The lowest BCUT2D eigenvalue weighted by Gasteiger charge is -2.05. The molecule has 0 aliphatic heterocycles. The van der Waals surface area contributed by atoms with Crippen LogP contribution in [0.4, 0.5) is 0 Å². The number of carbonyl (C=O) groups excluding carboxylic acids is 1. The molecule has 0 fully saturated rings. The van der Waals surface area contributed by atoms with Crippen LogP contribution in [-0.2, 0) is 0 Å². The zero-order valence-corrected chi connectivity index (χ0v) is 12.5. The summed E-state index contributed by atoms with van der Waals surface area (Å²) in [5.41, 5.74) is 0.572. The molecular formula is C11H14BrNOS2. The minimum absolute atomic E-state index is 0.0686. The van der Waals surface area contributed by atoms with Gasteiger partial charge in [0.2, 0.25) is 5.12 Å². The molecular weight excluding hydrogens is 306 g/mol. The van der Waals surface area contributed by atoms with E-state index in [0.29, 0.717) is 10.3 Å². The van der Waals surface area contributed by atoms with Crippen LogP contribution in [0.3, 0.4) is 0 Å². The van der Waals surface area contributed by atoms with Crippen LogP contribution in [0.15, 0.2) is 21.6 Å². The fourth-order valence-electron chi connectivity index (χ4n) is 1.11. The molecule has 0 aliphatic rings. The van der Waals surface area contributed by atoms with E-state index in [1.54, 1.807) is 11.8 Å². The summed E-state index contributed by atoms with van der Waals surface area (Å²) in [6.45, 7) is 2.12. The van der Waals surface area contributed by atoms with Gasteiger partial charge < -0.3 is 0 Å². The van der Waals surface area contributed by atoms with Gasteiger partial charge in [-0.25, -0.2) is 4.98 Å². The Labute approximate surface area is 113 Å². The highest BCUT2D eigenvalue weighted by atomic mass is 79.9. The first-order valence-corrected chi connectivity index (χ1v) is 8.07. The molecule has 1 heterocycles. The van der Waals surface area contributed by atoms with Gasteiger partial charge in [0.1, 0.15) is 10.3 Å². The molecule has 1 aromatic rings. The maximum absolute atomic E-state index is 11.9. The number of hydrogen-bond donors (Lipinski definition) is 0. The van der Waals surface area contributed by atoms with Crippen molar-refractivity contribution in [2.45, 2.75) is 24.7 Å². The lowest BCUT2D eigenvalue weighted by atomic mass is 10.4. The second-order valence-corrected chi connectivity index (χ2v) is 5.90. The third-order valence-corrected chi connectivity index (χ3v) is 4.13. The molecule has 0 saturated heterocycles. The fraction of sp³-hybridized carbons (Fsp3) is 0.455. The van der Waals surface area contributed by atoms with E-state index in [-0.39, 0.29) is 5.12 Å². The molecule has 0 spiro atoms. The smallest absolute Gasteiger partial charge is 0.238 e. The number of halogens is 1. The van der Waals surface area contributed by atoms with Gasteiger partial charge in [0, 0.05) is 10.6 Å². The van der Waals surface area contributed by atoms with E-state index in [2.05, 4.69) is 27.8 Å². The van der Waals surface area contributed by atoms with E-state index in [1.165, 1.54) is 11.8 Å². The van der Waals surface area contributed by atoms with Gasteiger partial charge in [-0.05, 0) is 40.7 Å². The van der Waals surface area contributed by atoms with Gasteiger partial charge in [-0.15, -0.1) is 11.8 Å². The SMILES string of the molecule is CCCCSC(=O)c1nc(Br)ccc1SC. The number of pyridine rings is 1. The first kappa shape index (κ1) is 14.1. The number of aromatic nitrogens is 1. The van der Waals surface area contributed by atoms with Crippen LogP contribution in [0.2, 0.25) is 0 Å². The minimum atomic E-state index is 0.0686. The number of nitrogens with zero attached hydrogens (tertiary/aromatic N) is 1. The van der Waals surface area contributed by atoms with Crippen LogP contribution >= 0.6 is 39.5 Å². The Morgan fingerprint density at radius 1 is 1.50 bits per heavy atom. The molecule has 0 amide bonds. The molecule has 1 rings (SSSR count). The maximum Gasteiger partial charge on any atom is 0.238 e. The second-order valence-electron chi connectivity index (χ2n) is 3.17. The van der Waals surface area contributed by atoms with Gasteiger partial charge in [0.05, 0.1) is 0 Å². The van der Waals surface area contributed by atoms with E-state index >= 15 is 0 Å². The highest BCUT2D eigenvalue weighted by Gasteiger charge is 2.13. The number of rotatable bonds is 5. The van der Waals surface area contributed by atoms with E-state index in [0.717, 1.165) is 23.5 Å². The Balaban J connectivity index is 2.76. The van der Waals surface area contributed by atoms with Crippen molar-refractivity contribution in [1.29, 1.82) is 0 Å². The van der Waals surface area contributed by atoms with Crippen molar-refractivity contribution in [2.75, 3.05) is 12.0 Å². The van der Waals surface area contributed by atoms with Gasteiger partial charge in [-0.2, -0.15) is 0 Å². The summed E-state index contributed by atoms with van der Waals surface area (Å²) in [5, 5.41) is 0.0686. The Morgan fingerprint density at radius 3 is 2.88 bits per heavy atom. The van der Waals surface area contributed by atoms with E-state index < -0.39 is 0 Å². The summed E-state index contributed by atoms with van der Waals surface area (Å²) in [5.74, 6) is 0.872. The van der Waals surface area contributed by atoms with Crippen LogP contribution in [0.25, 0.3) is 0 Å². The molecule has 0 aliphatic carbocycles. The molecule has 2 nitrogen and oxygen atoms in total. The summed E-state index contributed by atoms with van der Waals surface area (Å²) < 4.78 is 0.713. The molecule has 0 aromatic carbocycles.